The number of nitrogens with zero attached hydrogens (tertiary/aromatic N) is 1. The lowest BCUT2D eigenvalue weighted by molar-refractivity contribution is 0.340. The van der Waals surface area contributed by atoms with Crippen molar-refractivity contribution in [2.24, 2.45) is 5.73 Å². The Morgan fingerprint density at radius 1 is 1.00 bits per heavy atom. The average Bonchev–Trinajstić information content (AvgIpc) is 2.54. The van der Waals surface area contributed by atoms with Crippen LogP contribution in [0.1, 0.15) is 24.0 Å². The van der Waals surface area contributed by atoms with Crippen molar-refractivity contribution >= 4 is 5.69 Å². The van der Waals surface area contributed by atoms with E-state index in [0.29, 0.717) is 19.1 Å². The molecular weight excluding hydrogens is 272 g/mol. The van der Waals surface area contributed by atoms with Crippen LogP contribution in [0.5, 0.6) is 5.75 Å². The van der Waals surface area contributed by atoms with Crippen LogP contribution in [0.2, 0.25) is 0 Å². The van der Waals surface area contributed by atoms with E-state index in [-0.39, 0.29) is 0 Å². The van der Waals surface area contributed by atoms with Gasteiger partial charge in [0.1, 0.15) is 5.75 Å². The van der Waals surface area contributed by atoms with Gasteiger partial charge in [-0.05, 0) is 55.3 Å². The summed E-state index contributed by atoms with van der Waals surface area (Å²) < 4.78 is 5.48. The van der Waals surface area contributed by atoms with Crippen LogP contribution >= 0.6 is 0 Å². The molecule has 0 aliphatic rings. The van der Waals surface area contributed by atoms with Crippen molar-refractivity contribution in [2.45, 2.75) is 19.3 Å². The van der Waals surface area contributed by atoms with Gasteiger partial charge in [-0.2, -0.15) is 0 Å². The molecule has 0 radical (unpaired) electrons. The fourth-order valence-corrected chi connectivity index (χ4v) is 2.55. The maximum absolute atomic E-state index is 5.99. The van der Waals surface area contributed by atoms with E-state index in [1.165, 1.54) is 16.8 Å². The highest BCUT2D eigenvalue weighted by Gasteiger charge is 2.11. The summed E-state index contributed by atoms with van der Waals surface area (Å²) >= 11 is 0. The van der Waals surface area contributed by atoms with Crippen LogP contribution < -0.4 is 15.4 Å². The molecule has 3 nitrogen and oxygen atoms in total. The van der Waals surface area contributed by atoms with Crippen molar-refractivity contribution in [3.63, 3.8) is 0 Å². The van der Waals surface area contributed by atoms with E-state index >= 15 is 0 Å². The van der Waals surface area contributed by atoms with Gasteiger partial charge >= 0.3 is 0 Å². The van der Waals surface area contributed by atoms with Gasteiger partial charge in [-0.3, -0.25) is 0 Å². The molecule has 2 aromatic rings. The van der Waals surface area contributed by atoms with E-state index in [4.69, 9.17) is 10.5 Å². The van der Waals surface area contributed by atoms with Crippen LogP contribution in [0.3, 0.4) is 0 Å². The minimum Gasteiger partial charge on any atom is -0.494 e. The van der Waals surface area contributed by atoms with Crippen molar-refractivity contribution < 1.29 is 4.74 Å². The first-order valence-electron chi connectivity index (χ1n) is 7.83. The van der Waals surface area contributed by atoms with Crippen LogP contribution in [0.15, 0.2) is 48.5 Å². The van der Waals surface area contributed by atoms with Gasteiger partial charge in [0.15, 0.2) is 0 Å². The van der Waals surface area contributed by atoms with Crippen LogP contribution in [-0.4, -0.2) is 27.2 Å². The van der Waals surface area contributed by atoms with Crippen LogP contribution in [0, 0.1) is 0 Å². The number of ether oxygens (including phenoxy) is 1. The molecule has 0 aromatic heterocycles. The third-order valence-electron chi connectivity index (χ3n) is 3.88. The van der Waals surface area contributed by atoms with Gasteiger partial charge < -0.3 is 15.4 Å². The average molecular weight is 298 g/mol. The molecule has 3 heteroatoms. The summed E-state index contributed by atoms with van der Waals surface area (Å²) in [7, 11) is 4.10. The fourth-order valence-electron chi connectivity index (χ4n) is 2.55. The Labute approximate surface area is 133 Å². The third kappa shape index (κ3) is 4.25. The van der Waals surface area contributed by atoms with Crippen molar-refractivity contribution in [3.8, 4) is 5.75 Å². The Morgan fingerprint density at radius 2 is 1.64 bits per heavy atom. The summed E-state index contributed by atoms with van der Waals surface area (Å²) in [5.74, 6) is 1.26. The van der Waals surface area contributed by atoms with Crippen LogP contribution in [0.4, 0.5) is 5.69 Å². The predicted molar refractivity (Wildman–Crippen MR) is 93.9 cm³/mol. The summed E-state index contributed by atoms with van der Waals surface area (Å²) in [6.07, 6.45) is 0.949. The third-order valence-corrected chi connectivity index (χ3v) is 3.88. The highest BCUT2D eigenvalue weighted by molar-refractivity contribution is 5.46. The first-order valence-corrected chi connectivity index (χ1v) is 7.83. The topological polar surface area (TPSA) is 38.5 Å². The maximum Gasteiger partial charge on any atom is 0.119 e. The number of anilines is 1. The SMILES string of the molecule is CCOc1ccc(CC(CN)c2ccc(N(C)C)cc2)cc1. The van der Waals surface area contributed by atoms with Crippen LogP contribution in [0.25, 0.3) is 0 Å². The molecule has 2 aromatic carbocycles. The van der Waals surface area contributed by atoms with Gasteiger partial charge in [-0.15, -0.1) is 0 Å². The maximum atomic E-state index is 5.99. The number of rotatable bonds is 7. The second-order valence-electron chi connectivity index (χ2n) is 5.70. The largest absolute Gasteiger partial charge is 0.494 e. The van der Waals surface area contributed by atoms with E-state index < -0.39 is 0 Å². The molecular formula is C19H26N2O. The van der Waals surface area contributed by atoms with Crippen LogP contribution in [-0.2, 0) is 6.42 Å². The van der Waals surface area contributed by atoms with Gasteiger partial charge in [-0.1, -0.05) is 24.3 Å². The lowest BCUT2D eigenvalue weighted by Crippen LogP contribution is -2.15. The molecule has 0 bridgehead atoms. The number of hydrogen-bond donors (Lipinski definition) is 1. The zero-order valence-corrected chi connectivity index (χ0v) is 13.8. The summed E-state index contributed by atoms with van der Waals surface area (Å²) in [6.45, 7) is 3.34. The molecule has 0 saturated heterocycles. The van der Waals surface area contributed by atoms with Crippen molar-refractivity contribution in [1.29, 1.82) is 0 Å². The van der Waals surface area contributed by atoms with Gasteiger partial charge in [-0.25, -0.2) is 0 Å². The van der Waals surface area contributed by atoms with E-state index in [1.54, 1.807) is 0 Å². The smallest absolute Gasteiger partial charge is 0.119 e. The van der Waals surface area contributed by atoms with Gasteiger partial charge in [0.05, 0.1) is 6.61 Å². The summed E-state index contributed by atoms with van der Waals surface area (Å²) in [6, 6.07) is 17.0. The molecule has 22 heavy (non-hydrogen) atoms. The Kier molecular flexibility index (Phi) is 5.84. The quantitative estimate of drug-likeness (QED) is 0.851. The molecule has 0 amide bonds. The molecule has 1 atom stereocenters. The highest BCUT2D eigenvalue weighted by Crippen LogP contribution is 2.23. The monoisotopic (exact) mass is 298 g/mol. The van der Waals surface area contributed by atoms with Crippen molar-refractivity contribution in [2.75, 3.05) is 32.1 Å². The molecule has 0 saturated carbocycles. The molecule has 0 aliphatic heterocycles. The number of hydrogen-bond acceptors (Lipinski definition) is 3. The summed E-state index contributed by atoms with van der Waals surface area (Å²) in [5, 5.41) is 0. The number of nitrogens with two attached hydrogens (primary N) is 1. The first kappa shape index (κ1) is 16.4. The molecule has 118 valence electrons. The van der Waals surface area contributed by atoms with E-state index in [2.05, 4.69) is 55.4 Å². The minimum atomic E-state index is 0.342. The molecule has 1 unspecified atom stereocenters. The Balaban J connectivity index is 2.07. The molecule has 0 aliphatic carbocycles. The summed E-state index contributed by atoms with van der Waals surface area (Å²) in [4.78, 5) is 2.10. The molecule has 2 N–H and O–H groups in total. The second-order valence-corrected chi connectivity index (χ2v) is 5.70. The fraction of sp³-hybridized carbons (Fsp3) is 0.368. The Morgan fingerprint density at radius 3 is 2.14 bits per heavy atom. The van der Waals surface area contributed by atoms with Gasteiger partial charge in [0.25, 0.3) is 0 Å². The summed E-state index contributed by atoms with van der Waals surface area (Å²) in [5.41, 5.74) is 9.78. The predicted octanol–water partition coefficient (Wildman–Crippen LogP) is 3.44. The van der Waals surface area contributed by atoms with Gasteiger partial charge in [0.2, 0.25) is 0 Å². The zero-order chi connectivity index (χ0) is 15.9. The van der Waals surface area contributed by atoms with Gasteiger partial charge in [0, 0.05) is 25.7 Å². The van der Waals surface area contributed by atoms with Crippen molar-refractivity contribution in [3.05, 3.63) is 59.7 Å². The lowest BCUT2D eigenvalue weighted by Gasteiger charge is -2.18. The minimum absolute atomic E-state index is 0.342. The highest BCUT2D eigenvalue weighted by atomic mass is 16.5. The molecule has 0 heterocycles. The standard InChI is InChI=1S/C19H26N2O/c1-4-22-19-11-5-15(6-12-19)13-17(14-20)16-7-9-18(10-8-16)21(2)3/h5-12,17H,4,13-14,20H2,1-3H3. The normalized spacial score (nSPS) is 12.0. The van der Waals surface area contributed by atoms with E-state index in [9.17, 15) is 0 Å². The Hall–Kier alpha value is -2.00. The van der Waals surface area contributed by atoms with Crippen molar-refractivity contribution in [1.82, 2.24) is 0 Å². The van der Waals surface area contributed by atoms with E-state index in [0.717, 1.165) is 12.2 Å². The molecule has 0 fully saturated rings. The lowest BCUT2D eigenvalue weighted by atomic mass is 9.92. The van der Waals surface area contributed by atoms with E-state index in [1.807, 2.05) is 19.1 Å². The second kappa shape index (κ2) is 7.85. The zero-order valence-electron chi connectivity index (χ0n) is 13.8. The Bertz CT molecular complexity index is 561. The molecule has 0 spiro atoms. The first-order chi connectivity index (χ1) is 10.6. The molecule has 2 rings (SSSR count). The number of benzene rings is 2.